The number of hydrogen-bond donors (Lipinski definition) is 11. The normalized spacial score (nSPS) is 20.9. The summed E-state index contributed by atoms with van der Waals surface area (Å²) in [6, 6.07) is 9.31. The molecule has 0 saturated carbocycles. The van der Waals surface area contributed by atoms with Crippen molar-refractivity contribution < 1.29 is 85.6 Å². The second-order valence-corrected chi connectivity index (χ2v) is 17.6. The lowest BCUT2D eigenvalue weighted by Gasteiger charge is -2.30. The number of aliphatic hydroxyl groups excluding tert-OH is 2. The maximum atomic E-state index is 12.6. The van der Waals surface area contributed by atoms with E-state index in [-0.39, 0.29) is 35.9 Å². The fourth-order valence-electron chi connectivity index (χ4n) is 4.87. The number of imidazole rings is 1. The minimum absolute atomic E-state index is 0.0363. The monoisotopic (exact) mass is 915 g/mol. The number of carbonyl (C=O) groups is 3. The third-order valence-electron chi connectivity index (χ3n) is 7.73. The Kier molecular flexibility index (Phi) is 18.3. The summed E-state index contributed by atoms with van der Waals surface area (Å²) in [6.07, 6.45) is -4.06. The average Bonchev–Trinajstić information content (AvgIpc) is 3.71. The maximum Gasteiger partial charge on any atom is 0.481 e. The maximum absolute atomic E-state index is 12.6. The fourth-order valence-corrected chi connectivity index (χ4v) is 7.81. The van der Waals surface area contributed by atoms with Gasteiger partial charge in [0, 0.05) is 36.8 Å². The Morgan fingerprint density at radius 1 is 1.03 bits per heavy atom. The first-order valence-electron chi connectivity index (χ1n) is 16.9. The van der Waals surface area contributed by atoms with Gasteiger partial charge in [0.05, 0.1) is 19.5 Å². The van der Waals surface area contributed by atoms with Crippen molar-refractivity contribution in [3.63, 3.8) is 0 Å². The van der Waals surface area contributed by atoms with E-state index in [1.807, 2.05) is 30.3 Å². The van der Waals surface area contributed by atoms with Gasteiger partial charge >= 0.3 is 29.4 Å². The van der Waals surface area contributed by atoms with E-state index >= 15 is 0 Å². The van der Waals surface area contributed by atoms with Gasteiger partial charge in [-0.1, -0.05) is 44.2 Å². The van der Waals surface area contributed by atoms with E-state index in [4.69, 9.17) is 24.6 Å². The number of nitrogens with one attached hydrogen (secondary N) is 2. The lowest BCUT2D eigenvalue weighted by molar-refractivity contribution is -0.137. The number of aliphatic carboxylic acids is 1. The molecule has 2 aromatic heterocycles. The zero-order chi connectivity index (χ0) is 44.2. The summed E-state index contributed by atoms with van der Waals surface area (Å²) >= 11 is 3.95. The van der Waals surface area contributed by atoms with Crippen molar-refractivity contribution in [1.29, 1.82) is 0 Å². The molecule has 0 radical (unpaired) electrons. The Labute approximate surface area is 340 Å². The van der Waals surface area contributed by atoms with Crippen LogP contribution in [0.3, 0.4) is 0 Å². The fraction of sp³-hybridized carbons (Fsp3) is 0.467. The molecule has 7 atom stereocenters. The summed E-state index contributed by atoms with van der Waals surface area (Å²) in [5.41, 5.74) is 5.20. The van der Waals surface area contributed by atoms with Crippen molar-refractivity contribution >= 4 is 76.9 Å². The highest BCUT2D eigenvalue weighted by Crippen LogP contribution is 2.61. The molecule has 25 nitrogen and oxygen atoms in total. The molecule has 3 aromatic rings. The summed E-state index contributed by atoms with van der Waals surface area (Å²) < 4.78 is 61.7. The summed E-state index contributed by atoms with van der Waals surface area (Å²) in [7, 11) is -16.3. The third kappa shape index (κ3) is 16.0. The first-order chi connectivity index (χ1) is 27.4. The number of carbonyl (C=O) groups excluding carboxylic acids is 2. The number of nitrogen functional groups attached to an aromatic ring is 1. The Balaban J connectivity index is 0.000000728. The number of anilines is 1. The van der Waals surface area contributed by atoms with E-state index in [1.165, 1.54) is 13.8 Å². The number of aromatic nitrogens is 4. The smallest absolute Gasteiger partial charge is 0.478 e. The van der Waals surface area contributed by atoms with Gasteiger partial charge in [-0.2, -0.15) is 16.9 Å². The van der Waals surface area contributed by atoms with E-state index < -0.39 is 84.6 Å². The number of hydrogen-bond acceptors (Lipinski definition) is 18. The lowest BCUT2D eigenvalue weighted by Crippen LogP contribution is -2.46. The first kappa shape index (κ1) is 49.7. The van der Waals surface area contributed by atoms with Crippen LogP contribution in [0.5, 0.6) is 0 Å². The molecule has 29 heteroatoms. The van der Waals surface area contributed by atoms with Crippen molar-refractivity contribution in [2.24, 2.45) is 5.41 Å². The minimum atomic E-state index is -5.54. The topological polar surface area (TPSA) is 384 Å². The number of carboxylic acids is 1. The zero-order valence-electron chi connectivity index (χ0n) is 31.1. The van der Waals surface area contributed by atoms with Crippen molar-refractivity contribution in [3.05, 3.63) is 54.6 Å². The number of phosphoric ester groups is 3. The van der Waals surface area contributed by atoms with Gasteiger partial charge < -0.3 is 56.0 Å². The standard InChI is InChI=1S/C21H36N7O16P3S.C9H8O2/c1-21(2,16(31)19(32)24-4-3-12(29)23-5-6-48)8-41-47(38,39)44-46(36,37)40-7-11-15(43-45(33,34)35)14(30)20(42-11)28-10-27-13-17(22)25-9-26-18(13)28;10-9(11)7-6-8-4-2-1-3-5-8/h9-11,14-16,20,30-31,48H,3-8H2,1-2H3,(H,23,29)(H,24,32)(H,36,37)(H,38,39)(H2,22,25,26)(H2,33,34,35);1-7H,(H,10,11)/b;7-6+/t11-,14-,15-,16+,20-;/m1./s1. The molecule has 1 aliphatic rings. The number of amides is 2. The number of rotatable bonds is 20. The second-order valence-electron chi connectivity index (χ2n) is 12.9. The molecule has 11 N–H and O–H groups in total. The van der Waals surface area contributed by atoms with Crippen LogP contribution in [0.4, 0.5) is 5.82 Å². The van der Waals surface area contributed by atoms with E-state index in [0.717, 1.165) is 28.9 Å². The zero-order valence-corrected chi connectivity index (χ0v) is 34.7. The van der Waals surface area contributed by atoms with E-state index in [9.17, 15) is 57.9 Å². The van der Waals surface area contributed by atoms with Crippen molar-refractivity contribution in [1.82, 2.24) is 30.2 Å². The highest BCUT2D eigenvalue weighted by Gasteiger charge is 2.50. The summed E-state index contributed by atoms with van der Waals surface area (Å²) in [6.45, 7) is 0.723. The molecule has 1 fully saturated rings. The molecule has 1 saturated heterocycles. The minimum Gasteiger partial charge on any atom is -0.478 e. The molecule has 59 heavy (non-hydrogen) atoms. The molecule has 0 bridgehead atoms. The van der Waals surface area contributed by atoms with Crippen LogP contribution in [0.15, 0.2) is 49.1 Å². The van der Waals surface area contributed by atoms with Crippen LogP contribution in [0.2, 0.25) is 0 Å². The predicted molar refractivity (Wildman–Crippen MR) is 207 cm³/mol. The number of carboxylic acid groups (broad SMARTS) is 1. The summed E-state index contributed by atoms with van der Waals surface area (Å²) in [5.74, 6) is -1.87. The summed E-state index contributed by atoms with van der Waals surface area (Å²) in [4.78, 5) is 84.7. The molecule has 0 aliphatic carbocycles. The molecule has 328 valence electrons. The van der Waals surface area contributed by atoms with Crippen LogP contribution in [-0.2, 0) is 50.7 Å². The highest BCUT2D eigenvalue weighted by atomic mass is 32.1. The highest BCUT2D eigenvalue weighted by molar-refractivity contribution is 7.80. The van der Waals surface area contributed by atoms with Crippen LogP contribution in [0, 0.1) is 5.41 Å². The number of aliphatic hydroxyl groups is 2. The van der Waals surface area contributed by atoms with Gasteiger partial charge in [-0.3, -0.25) is 27.7 Å². The quantitative estimate of drug-likeness (QED) is 0.0407. The average molecular weight is 916 g/mol. The van der Waals surface area contributed by atoms with Gasteiger partial charge in [-0.05, 0) is 11.6 Å². The third-order valence-corrected chi connectivity index (χ3v) is 11.1. The van der Waals surface area contributed by atoms with Gasteiger partial charge in [0.2, 0.25) is 11.8 Å². The lowest BCUT2D eigenvalue weighted by atomic mass is 9.87. The van der Waals surface area contributed by atoms with Crippen LogP contribution >= 0.6 is 36.1 Å². The number of nitrogens with zero attached hydrogens (tertiary/aromatic N) is 4. The number of fused-ring (bicyclic) bond motifs is 1. The Morgan fingerprint density at radius 3 is 2.32 bits per heavy atom. The van der Waals surface area contributed by atoms with E-state index in [0.29, 0.717) is 12.3 Å². The molecular formula is C30H44N7O18P3S. The van der Waals surface area contributed by atoms with Crippen molar-refractivity contribution in [2.45, 2.75) is 50.9 Å². The van der Waals surface area contributed by atoms with E-state index in [1.54, 1.807) is 6.08 Å². The molecular weight excluding hydrogens is 871 g/mol. The first-order valence-corrected chi connectivity index (χ1v) is 22.1. The Bertz CT molecular complexity index is 2070. The molecule has 1 aromatic carbocycles. The van der Waals surface area contributed by atoms with Crippen molar-refractivity contribution in [2.75, 3.05) is 37.8 Å². The number of nitrogens with two attached hydrogens (primary N) is 1. The molecule has 0 spiro atoms. The van der Waals surface area contributed by atoms with Gasteiger partial charge in [0.25, 0.3) is 0 Å². The molecule has 1 aliphatic heterocycles. The number of ether oxygens (including phenoxy) is 1. The largest absolute Gasteiger partial charge is 0.481 e. The molecule has 4 rings (SSSR count). The number of phosphoric acid groups is 3. The second kappa shape index (κ2) is 21.7. The van der Waals surface area contributed by atoms with Crippen LogP contribution in [0.1, 0.15) is 32.1 Å². The Morgan fingerprint density at radius 2 is 1.69 bits per heavy atom. The van der Waals surface area contributed by atoms with Crippen LogP contribution in [-0.4, -0.2) is 129 Å². The predicted octanol–water partition coefficient (Wildman–Crippen LogP) is 0.119. The number of thiol groups is 1. The summed E-state index contributed by atoms with van der Waals surface area (Å²) in [5, 5.41) is 34.4. The van der Waals surface area contributed by atoms with Gasteiger partial charge in [0.15, 0.2) is 17.7 Å². The van der Waals surface area contributed by atoms with Crippen LogP contribution in [0.25, 0.3) is 17.2 Å². The van der Waals surface area contributed by atoms with Gasteiger partial charge in [0.1, 0.15) is 36.3 Å². The van der Waals surface area contributed by atoms with Gasteiger partial charge in [-0.15, -0.1) is 0 Å². The van der Waals surface area contributed by atoms with Crippen molar-refractivity contribution in [3.8, 4) is 0 Å². The van der Waals surface area contributed by atoms with E-state index in [2.05, 4.69) is 47.0 Å². The molecule has 2 amide bonds. The van der Waals surface area contributed by atoms with Gasteiger partial charge in [-0.25, -0.2) is 33.4 Å². The Hall–Kier alpha value is -3.68. The molecule has 3 heterocycles. The SMILES string of the molecule is CC(C)(COP(=O)(O)OP(=O)(O)OC[C@H]1O[C@@H](n2cnc3c(N)ncnc32)[C@H](O)[C@@H]1OP(=O)(O)O)[C@@H](O)C(=O)NCCC(=O)NCCS.O=C(O)/C=C/c1ccccc1. The molecule has 2 unspecified atom stereocenters. The number of benzene rings is 1. The van der Waals surface area contributed by atoms with Crippen LogP contribution < -0.4 is 16.4 Å².